The van der Waals surface area contributed by atoms with E-state index in [-0.39, 0.29) is 11.1 Å². The van der Waals surface area contributed by atoms with Crippen LogP contribution in [0.1, 0.15) is 20.7 Å². The van der Waals surface area contributed by atoms with Crippen LogP contribution in [0.4, 0.5) is 0 Å². The van der Waals surface area contributed by atoms with Gasteiger partial charge < -0.3 is 9.42 Å². The summed E-state index contributed by atoms with van der Waals surface area (Å²) in [5, 5.41) is 0. The number of rotatable bonds is 3. The first-order valence-electron chi connectivity index (χ1n) is 4.79. The van der Waals surface area contributed by atoms with Gasteiger partial charge in [-0.25, -0.2) is 0 Å². The molecule has 90 valence electrons. The number of imide groups is 1. The molecule has 7 heteroatoms. The first-order valence-corrected chi connectivity index (χ1v) is 6.55. The minimum absolute atomic E-state index is 0.244. The van der Waals surface area contributed by atoms with Gasteiger partial charge in [0, 0.05) is 7.11 Å². The molecule has 0 saturated heterocycles. The lowest BCUT2D eigenvalue weighted by molar-refractivity contribution is 0.0669. The largest absolute Gasteiger partial charge is 0.347 e. The second-order valence-electron chi connectivity index (χ2n) is 3.55. The van der Waals surface area contributed by atoms with Crippen molar-refractivity contribution in [2.75, 3.05) is 13.4 Å². The number of hydrogen-bond acceptors (Lipinski definition) is 4. The summed E-state index contributed by atoms with van der Waals surface area (Å²) in [5.74, 6) is -1.14. The molecule has 1 aliphatic rings. The number of hydrogen-bond donors (Lipinski definition) is 1. The monoisotopic (exact) mass is 255 g/mol. The van der Waals surface area contributed by atoms with Gasteiger partial charge in [-0.1, -0.05) is 12.1 Å². The second kappa shape index (κ2) is 4.07. The van der Waals surface area contributed by atoms with E-state index in [2.05, 4.69) is 4.52 Å². The molecule has 0 radical (unpaired) electrons. The summed E-state index contributed by atoms with van der Waals surface area (Å²) in [6, 6.07) is 6.26. The Morgan fingerprint density at radius 2 is 1.71 bits per heavy atom. The average Bonchev–Trinajstić information content (AvgIpc) is 2.55. The smallest absolute Gasteiger partial charge is 0.323 e. The third kappa shape index (κ3) is 2.02. The highest BCUT2D eigenvalue weighted by Crippen LogP contribution is 2.43. The number of fused-ring (bicyclic) bond motifs is 1. The zero-order chi connectivity index (χ0) is 12.6. The van der Waals surface area contributed by atoms with Crippen LogP contribution in [-0.2, 0) is 9.09 Å². The maximum absolute atomic E-state index is 11.8. The van der Waals surface area contributed by atoms with Gasteiger partial charge in [0.2, 0.25) is 0 Å². The zero-order valence-corrected chi connectivity index (χ0v) is 9.89. The van der Waals surface area contributed by atoms with Crippen LogP contribution in [0.25, 0.3) is 0 Å². The van der Waals surface area contributed by atoms with Crippen LogP contribution in [0.2, 0.25) is 0 Å². The van der Waals surface area contributed by atoms with Crippen molar-refractivity contribution in [2.45, 2.75) is 0 Å². The third-order valence-corrected chi connectivity index (χ3v) is 3.69. The molecule has 0 fully saturated rings. The Labute approximate surface area is 97.3 Å². The predicted octanol–water partition coefficient (Wildman–Crippen LogP) is 1.07. The van der Waals surface area contributed by atoms with Crippen molar-refractivity contribution in [1.82, 2.24) is 4.90 Å². The minimum Gasteiger partial charge on any atom is -0.323 e. The van der Waals surface area contributed by atoms with Crippen molar-refractivity contribution >= 4 is 19.4 Å². The maximum Gasteiger partial charge on any atom is 0.347 e. The fourth-order valence-corrected chi connectivity index (χ4v) is 2.33. The highest BCUT2D eigenvalue weighted by atomic mass is 31.2. The third-order valence-electron chi connectivity index (χ3n) is 2.48. The molecule has 0 aliphatic carbocycles. The molecular weight excluding hydrogens is 245 g/mol. The van der Waals surface area contributed by atoms with Gasteiger partial charge in [0.25, 0.3) is 11.8 Å². The Morgan fingerprint density at radius 1 is 1.24 bits per heavy atom. The van der Waals surface area contributed by atoms with Crippen LogP contribution in [0, 0.1) is 0 Å². The van der Waals surface area contributed by atoms with Crippen LogP contribution in [0.5, 0.6) is 0 Å². The van der Waals surface area contributed by atoms with E-state index in [1.807, 2.05) is 0 Å². The number of carbonyl (C=O) groups excluding carboxylic acids is 2. The van der Waals surface area contributed by atoms with E-state index in [9.17, 15) is 19.0 Å². The lowest BCUT2D eigenvalue weighted by Gasteiger charge is -2.16. The zero-order valence-electron chi connectivity index (χ0n) is 8.99. The summed E-state index contributed by atoms with van der Waals surface area (Å²) in [4.78, 5) is 33.7. The van der Waals surface area contributed by atoms with Crippen molar-refractivity contribution in [2.24, 2.45) is 0 Å². The van der Waals surface area contributed by atoms with Gasteiger partial charge in [0.1, 0.15) is 6.29 Å². The summed E-state index contributed by atoms with van der Waals surface area (Å²) < 4.78 is 15.7. The van der Waals surface area contributed by atoms with Crippen LogP contribution >= 0.6 is 7.60 Å². The van der Waals surface area contributed by atoms with Gasteiger partial charge in [0.05, 0.1) is 11.1 Å². The topological polar surface area (TPSA) is 83.9 Å². The van der Waals surface area contributed by atoms with Crippen molar-refractivity contribution in [3.05, 3.63) is 35.4 Å². The number of amides is 2. The molecule has 1 aliphatic heterocycles. The molecule has 2 rings (SSSR count). The molecule has 1 heterocycles. The molecule has 0 aromatic heterocycles. The summed E-state index contributed by atoms with van der Waals surface area (Å²) in [6.07, 6.45) is -0.629. The molecule has 17 heavy (non-hydrogen) atoms. The molecule has 1 aromatic rings. The average molecular weight is 255 g/mol. The Hall–Kier alpha value is -1.49. The lowest BCUT2D eigenvalue weighted by Crippen LogP contribution is -2.30. The molecular formula is C10H10NO5P. The Morgan fingerprint density at radius 3 is 2.12 bits per heavy atom. The molecule has 1 N–H and O–H groups in total. The Bertz CT molecular complexity index is 506. The van der Waals surface area contributed by atoms with Crippen LogP contribution < -0.4 is 0 Å². The van der Waals surface area contributed by atoms with E-state index in [1.54, 1.807) is 12.1 Å². The first kappa shape index (κ1) is 12.0. The van der Waals surface area contributed by atoms with E-state index < -0.39 is 25.7 Å². The van der Waals surface area contributed by atoms with Crippen molar-refractivity contribution in [3.8, 4) is 0 Å². The Kier molecular flexibility index (Phi) is 2.87. The number of benzene rings is 1. The van der Waals surface area contributed by atoms with Gasteiger partial charge in [0.15, 0.2) is 0 Å². The SMILES string of the molecule is COP(=O)(O)CN1C(=O)c2ccccc2C1=O. The molecule has 0 saturated carbocycles. The van der Waals surface area contributed by atoms with E-state index in [0.717, 1.165) is 12.0 Å². The summed E-state index contributed by atoms with van der Waals surface area (Å²) in [6.45, 7) is 0. The van der Waals surface area contributed by atoms with Gasteiger partial charge in [-0.3, -0.25) is 19.1 Å². The van der Waals surface area contributed by atoms with Crippen molar-refractivity contribution in [3.63, 3.8) is 0 Å². The van der Waals surface area contributed by atoms with Crippen molar-refractivity contribution in [1.29, 1.82) is 0 Å². The fourth-order valence-electron chi connectivity index (χ4n) is 1.60. The van der Waals surface area contributed by atoms with Crippen molar-refractivity contribution < 1.29 is 23.6 Å². The Balaban J connectivity index is 2.34. The molecule has 1 unspecified atom stereocenters. The van der Waals surface area contributed by atoms with Crippen LogP contribution in [0.3, 0.4) is 0 Å². The standard InChI is InChI=1S/C10H10NO5P/c1-16-17(14,15)6-11-9(12)7-4-2-3-5-8(7)10(11)13/h2-5H,6H2,1H3,(H,14,15). The maximum atomic E-state index is 11.8. The number of carbonyl (C=O) groups is 2. The molecule has 6 nitrogen and oxygen atoms in total. The molecule has 0 bridgehead atoms. The molecule has 1 aromatic carbocycles. The van der Waals surface area contributed by atoms with Gasteiger partial charge in [-0.15, -0.1) is 0 Å². The first-order chi connectivity index (χ1) is 7.96. The molecule has 1 atom stereocenters. The van der Waals surface area contributed by atoms with Gasteiger partial charge >= 0.3 is 7.60 Å². The van der Waals surface area contributed by atoms with Gasteiger partial charge in [-0.05, 0) is 12.1 Å². The normalized spacial score (nSPS) is 18.1. The van der Waals surface area contributed by atoms with E-state index in [4.69, 9.17) is 0 Å². The highest BCUT2D eigenvalue weighted by molar-refractivity contribution is 7.52. The predicted molar refractivity (Wildman–Crippen MR) is 58.6 cm³/mol. The van der Waals surface area contributed by atoms with Crippen LogP contribution in [-0.4, -0.2) is 35.0 Å². The van der Waals surface area contributed by atoms with Crippen LogP contribution in [0.15, 0.2) is 24.3 Å². The van der Waals surface area contributed by atoms with E-state index in [1.165, 1.54) is 12.1 Å². The fraction of sp³-hybridized carbons (Fsp3) is 0.200. The van der Waals surface area contributed by atoms with E-state index >= 15 is 0 Å². The summed E-state index contributed by atoms with van der Waals surface area (Å²) in [7, 11) is -2.89. The summed E-state index contributed by atoms with van der Waals surface area (Å²) in [5.41, 5.74) is 0.488. The van der Waals surface area contributed by atoms with Gasteiger partial charge in [-0.2, -0.15) is 0 Å². The molecule has 2 amide bonds. The molecule has 0 spiro atoms. The minimum atomic E-state index is -3.94. The second-order valence-corrected chi connectivity index (χ2v) is 5.47. The summed E-state index contributed by atoms with van der Waals surface area (Å²) >= 11 is 0. The van der Waals surface area contributed by atoms with E-state index in [0.29, 0.717) is 0 Å². The highest BCUT2D eigenvalue weighted by Gasteiger charge is 2.39. The lowest BCUT2D eigenvalue weighted by atomic mass is 10.1. The quantitative estimate of drug-likeness (QED) is 0.645. The number of nitrogens with zero attached hydrogens (tertiary/aromatic N) is 1.